The highest BCUT2D eigenvalue weighted by Crippen LogP contribution is 2.16. The van der Waals surface area contributed by atoms with Crippen LogP contribution in [0.5, 0.6) is 0 Å². The Morgan fingerprint density at radius 2 is 2.05 bits per heavy atom. The van der Waals surface area contributed by atoms with Gasteiger partial charge in [-0.3, -0.25) is 9.48 Å². The highest BCUT2D eigenvalue weighted by Gasteiger charge is 2.20. The fourth-order valence-electron chi connectivity index (χ4n) is 1.88. The Labute approximate surface area is 115 Å². The zero-order valence-corrected chi connectivity index (χ0v) is 11.2. The number of carboxylic acid groups (broad SMARTS) is 1. The SMILES string of the molecule is Cn1ncnc1CC(Cc1ccc(Cl)cc1)C(=O)O. The maximum Gasteiger partial charge on any atom is 0.307 e. The quantitative estimate of drug-likeness (QED) is 0.908. The Morgan fingerprint density at radius 1 is 1.37 bits per heavy atom. The molecule has 6 heteroatoms. The third kappa shape index (κ3) is 3.54. The summed E-state index contributed by atoms with van der Waals surface area (Å²) in [5.74, 6) is -0.691. The first-order valence-electron chi connectivity index (χ1n) is 5.86. The van der Waals surface area contributed by atoms with Crippen LogP contribution in [-0.2, 0) is 24.7 Å². The van der Waals surface area contributed by atoms with E-state index in [0.717, 1.165) is 5.56 Å². The van der Waals surface area contributed by atoms with Crippen molar-refractivity contribution in [1.82, 2.24) is 14.8 Å². The molecule has 0 aliphatic rings. The minimum absolute atomic E-state index is 0.356. The number of carboxylic acids is 1. The smallest absolute Gasteiger partial charge is 0.307 e. The predicted octanol–water partition coefficient (Wildman–Crippen LogP) is 1.95. The molecule has 0 saturated carbocycles. The molecule has 100 valence electrons. The van der Waals surface area contributed by atoms with Gasteiger partial charge in [0, 0.05) is 18.5 Å². The third-order valence-electron chi connectivity index (χ3n) is 2.98. The summed E-state index contributed by atoms with van der Waals surface area (Å²) in [5, 5.41) is 13.9. The fourth-order valence-corrected chi connectivity index (χ4v) is 2.00. The number of carbonyl (C=O) groups is 1. The van der Waals surface area contributed by atoms with Crippen molar-refractivity contribution in [3.05, 3.63) is 47.0 Å². The fraction of sp³-hybridized carbons (Fsp3) is 0.308. The van der Waals surface area contributed by atoms with Crippen molar-refractivity contribution < 1.29 is 9.90 Å². The van der Waals surface area contributed by atoms with Gasteiger partial charge < -0.3 is 5.11 Å². The average Bonchev–Trinajstić information content (AvgIpc) is 2.77. The monoisotopic (exact) mass is 279 g/mol. The molecule has 0 saturated heterocycles. The first-order valence-corrected chi connectivity index (χ1v) is 6.24. The number of aryl methyl sites for hydroxylation is 1. The van der Waals surface area contributed by atoms with Crippen molar-refractivity contribution in [2.75, 3.05) is 0 Å². The van der Waals surface area contributed by atoms with Gasteiger partial charge in [0.2, 0.25) is 0 Å². The van der Waals surface area contributed by atoms with Crippen molar-refractivity contribution in [2.24, 2.45) is 13.0 Å². The molecule has 5 nitrogen and oxygen atoms in total. The normalized spacial score (nSPS) is 12.3. The standard InChI is InChI=1S/C13H14ClN3O2/c1-17-12(15-8-16-17)7-10(13(18)19)6-9-2-4-11(14)5-3-9/h2-5,8,10H,6-7H2,1H3,(H,18,19). The number of rotatable bonds is 5. The van der Waals surface area contributed by atoms with E-state index < -0.39 is 11.9 Å². The molecular formula is C13H14ClN3O2. The van der Waals surface area contributed by atoms with Gasteiger partial charge in [-0.15, -0.1) is 0 Å². The molecule has 0 spiro atoms. The number of halogens is 1. The lowest BCUT2D eigenvalue weighted by molar-refractivity contribution is -0.141. The minimum Gasteiger partial charge on any atom is -0.481 e. The summed E-state index contributed by atoms with van der Waals surface area (Å²) in [4.78, 5) is 15.4. The van der Waals surface area contributed by atoms with Gasteiger partial charge >= 0.3 is 5.97 Å². The maximum absolute atomic E-state index is 11.3. The molecule has 1 heterocycles. The van der Waals surface area contributed by atoms with Gasteiger partial charge in [0.1, 0.15) is 12.2 Å². The molecule has 1 unspecified atom stereocenters. The highest BCUT2D eigenvalue weighted by molar-refractivity contribution is 6.30. The number of aliphatic carboxylic acids is 1. The summed E-state index contributed by atoms with van der Waals surface area (Å²) in [6, 6.07) is 7.21. The van der Waals surface area contributed by atoms with E-state index in [1.165, 1.54) is 6.33 Å². The van der Waals surface area contributed by atoms with E-state index in [0.29, 0.717) is 23.7 Å². The summed E-state index contributed by atoms with van der Waals surface area (Å²) in [7, 11) is 1.75. The first kappa shape index (κ1) is 13.5. The van der Waals surface area contributed by atoms with Crippen LogP contribution in [0, 0.1) is 5.92 Å². The zero-order chi connectivity index (χ0) is 13.8. The molecule has 1 atom stereocenters. The Morgan fingerprint density at radius 3 is 2.58 bits per heavy atom. The van der Waals surface area contributed by atoms with Crippen molar-refractivity contribution in [1.29, 1.82) is 0 Å². The Bertz CT molecular complexity index is 566. The van der Waals surface area contributed by atoms with E-state index in [1.807, 2.05) is 12.1 Å². The zero-order valence-electron chi connectivity index (χ0n) is 10.5. The topological polar surface area (TPSA) is 68.0 Å². The van der Waals surface area contributed by atoms with Crippen molar-refractivity contribution >= 4 is 17.6 Å². The van der Waals surface area contributed by atoms with Crippen LogP contribution < -0.4 is 0 Å². The van der Waals surface area contributed by atoms with E-state index in [4.69, 9.17) is 11.6 Å². The Balaban J connectivity index is 2.10. The first-order chi connectivity index (χ1) is 9.06. The second-order valence-electron chi connectivity index (χ2n) is 4.37. The van der Waals surface area contributed by atoms with Gasteiger partial charge in [0.05, 0.1) is 5.92 Å². The van der Waals surface area contributed by atoms with Gasteiger partial charge in [-0.05, 0) is 24.1 Å². The molecule has 0 fully saturated rings. The third-order valence-corrected chi connectivity index (χ3v) is 3.23. The van der Waals surface area contributed by atoms with Gasteiger partial charge in [0.25, 0.3) is 0 Å². The van der Waals surface area contributed by atoms with Crippen LogP contribution in [-0.4, -0.2) is 25.8 Å². The molecule has 1 aromatic heterocycles. The van der Waals surface area contributed by atoms with Gasteiger partial charge in [-0.25, -0.2) is 4.98 Å². The van der Waals surface area contributed by atoms with Gasteiger partial charge in [-0.2, -0.15) is 5.10 Å². The summed E-state index contributed by atoms with van der Waals surface area (Å²) in [6.45, 7) is 0. The molecule has 0 radical (unpaired) electrons. The van der Waals surface area contributed by atoms with Crippen LogP contribution in [0.25, 0.3) is 0 Å². The van der Waals surface area contributed by atoms with Crippen LogP contribution in [0.2, 0.25) is 5.02 Å². The summed E-state index contributed by atoms with van der Waals surface area (Å²) >= 11 is 5.81. The second-order valence-corrected chi connectivity index (χ2v) is 4.81. The number of nitrogens with zero attached hydrogens (tertiary/aromatic N) is 3. The molecule has 0 bridgehead atoms. The predicted molar refractivity (Wildman–Crippen MR) is 71.0 cm³/mol. The Hall–Kier alpha value is -1.88. The molecule has 2 rings (SSSR count). The molecule has 2 aromatic rings. The van der Waals surface area contributed by atoms with E-state index in [9.17, 15) is 9.90 Å². The summed E-state index contributed by atoms with van der Waals surface area (Å²) in [6.07, 6.45) is 2.23. The lowest BCUT2D eigenvalue weighted by Gasteiger charge is -2.11. The second kappa shape index (κ2) is 5.84. The summed E-state index contributed by atoms with van der Waals surface area (Å²) in [5.41, 5.74) is 0.943. The molecule has 19 heavy (non-hydrogen) atoms. The average molecular weight is 280 g/mol. The lowest BCUT2D eigenvalue weighted by Crippen LogP contribution is -2.21. The molecule has 1 aromatic carbocycles. The maximum atomic E-state index is 11.3. The van der Waals surface area contributed by atoms with Crippen molar-refractivity contribution in [3.8, 4) is 0 Å². The minimum atomic E-state index is -0.835. The van der Waals surface area contributed by atoms with Crippen LogP contribution in [0.1, 0.15) is 11.4 Å². The lowest BCUT2D eigenvalue weighted by atomic mass is 9.96. The van der Waals surface area contributed by atoms with Crippen molar-refractivity contribution in [3.63, 3.8) is 0 Å². The van der Waals surface area contributed by atoms with Crippen LogP contribution in [0.15, 0.2) is 30.6 Å². The van der Waals surface area contributed by atoms with E-state index >= 15 is 0 Å². The molecule has 1 N–H and O–H groups in total. The number of hydrogen-bond acceptors (Lipinski definition) is 3. The van der Waals surface area contributed by atoms with Crippen LogP contribution >= 0.6 is 11.6 Å². The van der Waals surface area contributed by atoms with Gasteiger partial charge in [0.15, 0.2) is 0 Å². The summed E-state index contributed by atoms with van der Waals surface area (Å²) < 4.78 is 1.60. The highest BCUT2D eigenvalue weighted by atomic mass is 35.5. The Kier molecular flexibility index (Phi) is 4.16. The van der Waals surface area contributed by atoms with E-state index in [-0.39, 0.29) is 0 Å². The van der Waals surface area contributed by atoms with Crippen LogP contribution in [0.4, 0.5) is 0 Å². The molecular weight excluding hydrogens is 266 g/mol. The molecule has 0 aliphatic heterocycles. The van der Waals surface area contributed by atoms with Crippen LogP contribution in [0.3, 0.4) is 0 Å². The van der Waals surface area contributed by atoms with Crippen molar-refractivity contribution in [2.45, 2.75) is 12.8 Å². The van der Waals surface area contributed by atoms with E-state index in [2.05, 4.69) is 10.1 Å². The number of benzene rings is 1. The van der Waals surface area contributed by atoms with E-state index in [1.54, 1.807) is 23.9 Å². The number of hydrogen-bond donors (Lipinski definition) is 1. The molecule has 0 aliphatic carbocycles. The number of aromatic nitrogens is 3. The molecule has 0 amide bonds. The van der Waals surface area contributed by atoms with Gasteiger partial charge in [-0.1, -0.05) is 23.7 Å². The largest absolute Gasteiger partial charge is 0.481 e.